The highest BCUT2D eigenvalue weighted by molar-refractivity contribution is 5.53. The van der Waals surface area contributed by atoms with E-state index in [0.29, 0.717) is 19.6 Å². The number of ether oxygens (including phenoxy) is 2. The van der Waals surface area contributed by atoms with Gasteiger partial charge in [-0.1, -0.05) is 0 Å². The predicted molar refractivity (Wildman–Crippen MR) is 96.3 cm³/mol. The standard InChI is InChI=1S/C17H37N3O3/c1-16(2,8-12-21)23-14-17(3,4)22-13-11-19(6)9-10-20(7)15-18-5/h15,21H,8-14H2,1-7H3. The molecule has 0 aromatic carbocycles. The number of rotatable bonds is 13. The van der Waals surface area contributed by atoms with Gasteiger partial charge in [-0.25, -0.2) is 0 Å². The minimum absolute atomic E-state index is 0.135. The number of aliphatic hydroxyl groups is 1. The fourth-order valence-electron chi connectivity index (χ4n) is 1.93. The number of aliphatic hydroxyl groups excluding tert-OH is 1. The molecule has 138 valence electrons. The second-order valence-corrected chi connectivity index (χ2v) is 7.29. The van der Waals surface area contributed by atoms with Gasteiger partial charge >= 0.3 is 0 Å². The molecule has 0 saturated heterocycles. The quantitative estimate of drug-likeness (QED) is 0.409. The van der Waals surface area contributed by atoms with Crippen LogP contribution in [0.3, 0.4) is 0 Å². The van der Waals surface area contributed by atoms with Gasteiger partial charge in [-0.2, -0.15) is 0 Å². The van der Waals surface area contributed by atoms with Gasteiger partial charge in [0.25, 0.3) is 0 Å². The Labute approximate surface area is 142 Å². The Morgan fingerprint density at radius 1 is 1.00 bits per heavy atom. The van der Waals surface area contributed by atoms with Crippen LogP contribution in [0.2, 0.25) is 0 Å². The van der Waals surface area contributed by atoms with Crippen LogP contribution in [-0.4, -0.2) is 93.0 Å². The van der Waals surface area contributed by atoms with Gasteiger partial charge < -0.3 is 24.4 Å². The number of likely N-dealkylation sites (N-methyl/N-ethyl adjacent to an activating group) is 2. The van der Waals surface area contributed by atoms with Crippen molar-refractivity contribution in [2.24, 2.45) is 4.99 Å². The first kappa shape index (κ1) is 22.3. The lowest BCUT2D eigenvalue weighted by atomic mass is 10.1. The average Bonchev–Trinajstić information content (AvgIpc) is 2.43. The fraction of sp³-hybridized carbons (Fsp3) is 0.941. The van der Waals surface area contributed by atoms with Crippen molar-refractivity contribution in [3.8, 4) is 0 Å². The van der Waals surface area contributed by atoms with E-state index in [2.05, 4.69) is 21.8 Å². The van der Waals surface area contributed by atoms with Crippen LogP contribution in [0, 0.1) is 0 Å². The van der Waals surface area contributed by atoms with Crippen LogP contribution in [0.15, 0.2) is 4.99 Å². The Hall–Kier alpha value is -0.690. The summed E-state index contributed by atoms with van der Waals surface area (Å²) < 4.78 is 11.8. The summed E-state index contributed by atoms with van der Waals surface area (Å²) in [6, 6.07) is 0. The molecule has 23 heavy (non-hydrogen) atoms. The summed E-state index contributed by atoms with van der Waals surface area (Å²) in [7, 11) is 5.89. The fourth-order valence-corrected chi connectivity index (χ4v) is 1.93. The van der Waals surface area contributed by atoms with Crippen molar-refractivity contribution < 1.29 is 14.6 Å². The summed E-state index contributed by atoms with van der Waals surface area (Å²) in [6.07, 6.45) is 2.46. The van der Waals surface area contributed by atoms with Crippen LogP contribution < -0.4 is 0 Å². The number of aliphatic imine (C=N–C) groups is 1. The number of hydrogen-bond donors (Lipinski definition) is 1. The Balaban J connectivity index is 3.96. The van der Waals surface area contributed by atoms with Gasteiger partial charge in [0.1, 0.15) is 0 Å². The van der Waals surface area contributed by atoms with E-state index in [1.807, 2.05) is 41.1 Å². The summed E-state index contributed by atoms with van der Waals surface area (Å²) >= 11 is 0. The third-order valence-electron chi connectivity index (χ3n) is 3.64. The molecule has 0 aromatic rings. The third-order valence-corrected chi connectivity index (χ3v) is 3.64. The van der Waals surface area contributed by atoms with E-state index < -0.39 is 0 Å². The molecule has 1 N–H and O–H groups in total. The van der Waals surface area contributed by atoms with Crippen molar-refractivity contribution in [1.29, 1.82) is 0 Å². The highest BCUT2D eigenvalue weighted by Crippen LogP contribution is 2.18. The van der Waals surface area contributed by atoms with Gasteiger partial charge in [-0.3, -0.25) is 4.99 Å². The molecule has 0 aromatic heterocycles. The van der Waals surface area contributed by atoms with E-state index in [1.165, 1.54) is 0 Å². The minimum atomic E-state index is -0.334. The Bertz CT molecular complexity index is 333. The molecule has 0 unspecified atom stereocenters. The predicted octanol–water partition coefficient (Wildman–Crippen LogP) is 1.48. The van der Waals surface area contributed by atoms with Crippen LogP contribution in [0.1, 0.15) is 34.1 Å². The lowest BCUT2D eigenvalue weighted by Crippen LogP contribution is -2.39. The van der Waals surface area contributed by atoms with Crippen LogP contribution in [-0.2, 0) is 9.47 Å². The smallest absolute Gasteiger partial charge is 0.0859 e. The molecule has 0 rings (SSSR count). The molecular formula is C17H37N3O3. The Morgan fingerprint density at radius 3 is 2.22 bits per heavy atom. The van der Waals surface area contributed by atoms with E-state index in [1.54, 1.807) is 7.05 Å². The van der Waals surface area contributed by atoms with Crippen molar-refractivity contribution in [1.82, 2.24) is 9.80 Å². The van der Waals surface area contributed by atoms with E-state index >= 15 is 0 Å². The van der Waals surface area contributed by atoms with Crippen LogP contribution in [0.5, 0.6) is 0 Å². The zero-order chi connectivity index (χ0) is 17.9. The zero-order valence-electron chi connectivity index (χ0n) is 16.1. The first-order valence-corrected chi connectivity index (χ1v) is 8.32. The van der Waals surface area contributed by atoms with Crippen molar-refractivity contribution >= 4 is 6.34 Å². The van der Waals surface area contributed by atoms with Gasteiger partial charge in [-0.15, -0.1) is 0 Å². The van der Waals surface area contributed by atoms with E-state index in [4.69, 9.17) is 14.6 Å². The third kappa shape index (κ3) is 12.4. The largest absolute Gasteiger partial charge is 0.396 e. The van der Waals surface area contributed by atoms with Crippen LogP contribution in [0.25, 0.3) is 0 Å². The maximum absolute atomic E-state index is 9.03. The molecule has 0 aliphatic rings. The van der Waals surface area contributed by atoms with Crippen molar-refractivity contribution in [3.63, 3.8) is 0 Å². The normalized spacial score (nSPS) is 13.3. The van der Waals surface area contributed by atoms with Gasteiger partial charge in [0, 0.05) is 40.3 Å². The number of hydrogen-bond acceptors (Lipinski definition) is 5. The zero-order valence-corrected chi connectivity index (χ0v) is 16.1. The molecule has 6 heteroatoms. The SMILES string of the molecule is CN=CN(C)CCN(C)CCOC(C)(C)COC(C)(C)CCO. The van der Waals surface area contributed by atoms with E-state index in [-0.39, 0.29) is 17.8 Å². The molecular weight excluding hydrogens is 294 g/mol. The van der Waals surface area contributed by atoms with Gasteiger partial charge in [-0.05, 0) is 41.2 Å². The Morgan fingerprint density at radius 2 is 1.65 bits per heavy atom. The first-order valence-electron chi connectivity index (χ1n) is 8.32. The topological polar surface area (TPSA) is 57.5 Å². The van der Waals surface area contributed by atoms with Crippen molar-refractivity contribution in [3.05, 3.63) is 0 Å². The second-order valence-electron chi connectivity index (χ2n) is 7.29. The van der Waals surface area contributed by atoms with Gasteiger partial charge in [0.15, 0.2) is 0 Å². The molecule has 0 fully saturated rings. The highest BCUT2D eigenvalue weighted by Gasteiger charge is 2.25. The molecule has 0 aliphatic heterocycles. The molecule has 0 saturated carbocycles. The number of nitrogens with zero attached hydrogens (tertiary/aromatic N) is 3. The molecule has 0 amide bonds. The first-order chi connectivity index (χ1) is 10.6. The lowest BCUT2D eigenvalue weighted by molar-refractivity contribution is -0.126. The summed E-state index contributed by atoms with van der Waals surface area (Å²) in [5.74, 6) is 0. The highest BCUT2D eigenvalue weighted by atomic mass is 16.6. The summed E-state index contributed by atoms with van der Waals surface area (Å²) in [5, 5.41) is 9.03. The van der Waals surface area contributed by atoms with Gasteiger partial charge in [0.05, 0.1) is 30.8 Å². The lowest BCUT2D eigenvalue weighted by Gasteiger charge is -2.32. The second kappa shape index (κ2) is 11.0. The summed E-state index contributed by atoms with van der Waals surface area (Å²) in [4.78, 5) is 8.30. The molecule has 0 bridgehead atoms. The minimum Gasteiger partial charge on any atom is -0.396 e. The van der Waals surface area contributed by atoms with Gasteiger partial charge in [0.2, 0.25) is 0 Å². The summed E-state index contributed by atoms with van der Waals surface area (Å²) in [6.45, 7) is 12.1. The van der Waals surface area contributed by atoms with E-state index in [9.17, 15) is 0 Å². The van der Waals surface area contributed by atoms with Crippen molar-refractivity contribution in [2.45, 2.75) is 45.3 Å². The molecule has 0 atom stereocenters. The molecule has 0 heterocycles. The monoisotopic (exact) mass is 331 g/mol. The molecule has 6 nitrogen and oxygen atoms in total. The average molecular weight is 332 g/mol. The molecule has 0 aliphatic carbocycles. The van der Waals surface area contributed by atoms with Crippen LogP contribution >= 0.6 is 0 Å². The molecule has 0 radical (unpaired) electrons. The van der Waals surface area contributed by atoms with Crippen LogP contribution in [0.4, 0.5) is 0 Å². The van der Waals surface area contributed by atoms with E-state index in [0.717, 1.165) is 19.6 Å². The Kier molecular flexibility index (Phi) is 10.6. The summed E-state index contributed by atoms with van der Waals surface area (Å²) in [5.41, 5.74) is -0.656. The molecule has 0 spiro atoms. The maximum atomic E-state index is 9.03. The van der Waals surface area contributed by atoms with Crippen molar-refractivity contribution in [2.75, 3.05) is 60.6 Å². The maximum Gasteiger partial charge on any atom is 0.0859 e.